The van der Waals surface area contributed by atoms with Crippen LogP contribution in [0.25, 0.3) is 11.0 Å². The zero-order valence-electron chi connectivity index (χ0n) is 9.93. The Bertz CT molecular complexity index is 709. The highest BCUT2D eigenvalue weighted by Crippen LogP contribution is 2.36. The molecule has 0 radical (unpaired) electrons. The van der Waals surface area contributed by atoms with Gasteiger partial charge in [0, 0.05) is 26.4 Å². The van der Waals surface area contributed by atoms with Gasteiger partial charge in [0.1, 0.15) is 5.65 Å². The molecule has 0 saturated carbocycles. The number of nitrogens with zero attached hydrogens (tertiary/aromatic N) is 1. The van der Waals surface area contributed by atoms with E-state index in [4.69, 9.17) is 11.6 Å². The van der Waals surface area contributed by atoms with E-state index in [0.717, 1.165) is 26.5 Å². The molecular weight excluding hydrogens is 280 g/mol. The average Bonchev–Trinajstić information content (AvgIpc) is 2.79. The maximum atomic E-state index is 9.45. The van der Waals surface area contributed by atoms with E-state index in [9.17, 15) is 5.11 Å². The number of fused-ring (bicyclic) bond motifs is 1. The fourth-order valence-corrected chi connectivity index (χ4v) is 3.05. The van der Waals surface area contributed by atoms with Gasteiger partial charge in [-0.05, 0) is 36.4 Å². The minimum atomic E-state index is -0.0354. The van der Waals surface area contributed by atoms with Crippen LogP contribution in [0, 0.1) is 0 Å². The summed E-state index contributed by atoms with van der Waals surface area (Å²) in [5.41, 5.74) is 1.58. The van der Waals surface area contributed by atoms with Crippen molar-refractivity contribution in [3.63, 3.8) is 0 Å². The Morgan fingerprint density at radius 2 is 2.00 bits per heavy atom. The zero-order chi connectivity index (χ0) is 13.2. The second-order valence-corrected chi connectivity index (χ2v) is 5.57. The molecule has 0 saturated heterocycles. The van der Waals surface area contributed by atoms with Crippen LogP contribution in [0.1, 0.15) is 5.69 Å². The molecule has 1 aromatic carbocycles. The number of halogens is 1. The first kappa shape index (κ1) is 12.5. The number of nitrogens with one attached hydrogen (secondary N) is 1. The summed E-state index contributed by atoms with van der Waals surface area (Å²) >= 11 is 7.48. The number of H-pyrrole nitrogens is 1. The lowest BCUT2D eigenvalue weighted by Crippen LogP contribution is -1.84. The smallest absolute Gasteiger partial charge is 0.138 e. The van der Waals surface area contributed by atoms with Crippen molar-refractivity contribution in [1.29, 1.82) is 0 Å². The van der Waals surface area contributed by atoms with Crippen LogP contribution in [-0.2, 0) is 6.61 Å². The minimum Gasteiger partial charge on any atom is -0.390 e. The van der Waals surface area contributed by atoms with Gasteiger partial charge in [0.25, 0.3) is 0 Å². The molecule has 96 valence electrons. The molecule has 0 spiro atoms. The molecule has 2 aromatic heterocycles. The number of aromatic amines is 1. The summed E-state index contributed by atoms with van der Waals surface area (Å²) < 4.78 is 0. The maximum absolute atomic E-state index is 9.45. The predicted octanol–water partition coefficient (Wildman–Crippen LogP) is 3.86. The molecule has 0 aliphatic heterocycles. The van der Waals surface area contributed by atoms with Gasteiger partial charge in [0.15, 0.2) is 0 Å². The van der Waals surface area contributed by atoms with Crippen LogP contribution in [0.3, 0.4) is 0 Å². The van der Waals surface area contributed by atoms with Gasteiger partial charge in [0.2, 0.25) is 0 Å². The van der Waals surface area contributed by atoms with E-state index in [-0.39, 0.29) is 6.61 Å². The summed E-state index contributed by atoms with van der Waals surface area (Å²) in [4.78, 5) is 9.48. The van der Waals surface area contributed by atoms with E-state index < -0.39 is 0 Å². The molecule has 3 rings (SSSR count). The molecular formula is C14H11ClN2OS. The Morgan fingerprint density at radius 3 is 2.74 bits per heavy atom. The van der Waals surface area contributed by atoms with Gasteiger partial charge in [-0.15, -0.1) is 0 Å². The number of aliphatic hydroxyl groups excluding tert-OH is 1. The number of pyridine rings is 1. The molecule has 0 aliphatic carbocycles. The third-order valence-electron chi connectivity index (χ3n) is 2.79. The third-order valence-corrected chi connectivity index (χ3v) is 4.22. The quantitative estimate of drug-likeness (QED) is 0.770. The number of rotatable bonds is 3. The standard InChI is InChI=1S/C14H11ClN2OS/c15-9-3-5-10(6-4-9)19-13-11-2-1-7-16-14(11)17-12(13)8-18/h1-7,18H,8H2,(H,16,17). The van der Waals surface area contributed by atoms with Gasteiger partial charge in [-0.25, -0.2) is 4.98 Å². The Balaban J connectivity index is 2.06. The number of aromatic nitrogens is 2. The Kier molecular flexibility index (Phi) is 3.46. The van der Waals surface area contributed by atoms with Crippen LogP contribution in [0.15, 0.2) is 52.4 Å². The van der Waals surface area contributed by atoms with Crippen LogP contribution in [0.4, 0.5) is 0 Å². The normalized spacial score (nSPS) is 11.1. The highest BCUT2D eigenvalue weighted by molar-refractivity contribution is 7.99. The maximum Gasteiger partial charge on any atom is 0.138 e. The Labute approximate surface area is 119 Å². The number of aliphatic hydroxyl groups is 1. The third kappa shape index (κ3) is 2.47. The van der Waals surface area contributed by atoms with Gasteiger partial charge in [-0.3, -0.25) is 0 Å². The molecule has 3 aromatic rings. The lowest BCUT2D eigenvalue weighted by Gasteiger charge is -2.03. The minimum absolute atomic E-state index is 0.0354. The number of benzene rings is 1. The van der Waals surface area contributed by atoms with Crippen LogP contribution >= 0.6 is 23.4 Å². The lowest BCUT2D eigenvalue weighted by atomic mass is 10.3. The summed E-state index contributed by atoms with van der Waals surface area (Å²) in [5, 5.41) is 11.2. The first-order valence-electron chi connectivity index (χ1n) is 5.78. The zero-order valence-corrected chi connectivity index (χ0v) is 11.5. The molecule has 2 heterocycles. The van der Waals surface area contributed by atoms with E-state index in [1.165, 1.54) is 0 Å². The molecule has 0 fully saturated rings. The van der Waals surface area contributed by atoms with Gasteiger partial charge in [-0.2, -0.15) is 0 Å². The largest absolute Gasteiger partial charge is 0.390 e. The molecule has 5 heteroatoms. The number of hydrogen-bond acceptors (Lipinski definition) is 3. The highest BCUT2D eigenvalue weighted by atomic mass is 35.5. The van der Waals surface area contributed by atoms with Crippen molar-refractivity contribution >= 4 is 34.4 Å². The second-order valence-electron chi connectivity index (χ2n) is 4.05. The Hall–Kier alpha value is -1.49. The van der Waals surface area contributed by atoms with Crippen LogP contribution in [-0.4, -0.2) is 15.1 Å². The van der Waals surface area contributed by atoms with E-state index in [2.05, 4.69) is 9.97 Å². The molecule has 0 atom stereocenters. The van der Waals surface area contributed by atoms with E-state index >= 15 is 0 Å². The van der Waals surface area contributed by atoms with Crippen molar-refractivity contribution in [2.75, 3.05) is 0 Å². The monoisotopic (exact) mass is 290 g/mol. The summed E-state index contributed by atoms with van der Waals surface area (Å²) in [6, 6.07) is 11.5. The van der Waals surface area contributed by atoms with Crippen LogP contribution < -0.4 is 0 Å². The average molecular weight is 291 g/mol. The molecule has 2 N–H and O–H groups in total. The first-order valence-corrected chi connectivity index (χ1v) is 6.97. The molecule has 0 amide bonds. The fourth-order valence-electron chi connectivity index (χ4n) is 1.90. The molecule has 0 aliphatic rings. The van der Waals surface area contributed by atoms with Crippen molar-refractivity contribution in [3.8, 4) is 0 Å². The van der Waals surface area contributed by atoms with E-state index in [1.54, 1.807) is 18.0 Å². The summed E-state index contributed by atoms with van der Waals surface area (Å²) in [6.45, 7) is -0.0354. The van der Waals surface area contributed by atoms with Gasteiger partial charge >= 0.3 is 0 Å². The topological polar surface area (TPSA) is 48.9 Å². The molecule has 19 heavy (non-hydrogen) atoms. The molecule has 0 unspecified atom stereocenters. The van der Waals surface area contributed by atoms with E-state index in [0.29, 0.717) is 5.02 Å². The summed E-state index contributed by atoms with van der Waals surface area (Å²) in [6.07, 6.45) is 1.73. The first-order chi connectivity index (χ1) is 9.28. The van der Waals surface area contributed by atoms with Crippen LogP contribution in [0.5, 0.6) is 0 Å². The van der Waals surface area contributed by atoms with Crippen molar-refractivity contribution < 1.29 is 5.11 Å². The molecule has 3 nitrogen and oxygen atoms in total. The van der Waals surface area contributed by atoms with Gasteiger partial charge in [0.05, 0.1) is 12.3 Å². The summed E-state index contributed by atoms with van der Waals surface area (Å²) in [5.74, 6) is 0. The summed E-state index contributed by atoms with van der Waals surface area (Å²) in [7, 11) is 0. The number of hydrogen-bond donors (Lipinski definition) is 2. The SMILES string of the molecule is OCc1[nH]c2ncccc2c1Sc1ccc(Cl)cc1. The lowest BCUT2D eigenvalue weighted by molar-refractivity contribution is 0.275. The second kappa shape index (κ2) is 5.25. The van der Waals surface area contributed by atoms with Gasteiger partial charge < -0.3 is 10.1 Å². The van der Waals surface area contributed by atoms with Crippen molar-refractivity contribution in [1.82, 2.24) is 9.97 Å². The van der Waals surface area contributed by atoms with Crippen molar-refractivity contribution in [2.45, 2.75) is 16.4 Å². The predicted molar refractivity (Wildman–Crippen MR) is 77.6 cm³/mol. The van der Waals surface area contributed by atoms with Crippen molar-refractivity contribution in [2.24, 2.45) is 0 Å². The molecule has 0 bridgehead atoms. The van der Waals surface area contributed by atoms with Gasteiger partial charge in [-0.1, -0.05) is 23.4 Å². The van der Waals surface area contributed by atoms with Crippen LogP contribution in [0.2, 0.25) is 5.02 Å². The fraction of sp³-hybridized carbons (Fsp3) is 0.0714. The van der Waals surface area contributed by atoms with Crippen molar-refractivity contribution in [3.05, 3.63) is 53.3 Å². The highest BCUT2D eigenvalue weighted by Gasteiger charge is 2.12. The Morgan fingerprint density at radius 1 is 1.21 bits per heavy atom. The van der Waals surface area contributed by atoms with E-state index in [1.807, 2.05) is 36.4 Å².